The van der Waals surface area contributed by atoms with Gasteiger partial charge >= 0.3 is 0 Å². The van der Waals surface area contributed by atoms with Crippen LogP contribution in [0, 0.1) is 5.82 Å². The van der Waals surface area contributed by atoms with E-state index in [1.807, 2.05) is 0 Å². The van der Waals surface area contributed by atoms with Crippen molar-refractivity contribution in [3.8, 4) is 11.3 Å². The molecule has 0 atom stereocenters. The Labute approximate surface area is 78.5 Å². The van der Waals surface area contributed by atoms with E-state index >= 15 is 0 Å². The molecule has 2 heterocycles. The van der Waals surface area contributed by atoms with Crippen LogP contribution in [0.15, 0.2) is 35.6 Å². The van der Waals surface area contributed by atoms with Gasteiger partial charge in [0.2, 0.25) is 0 Å². The smallest absolute Gasteiger partial charge is 0.251 e. The Morgan fingerprint density at radius 2 is 2.29 bits per heavy atom. The van der Waals surface area contributed by atoms with Crippen molar-refractivity contribution in [1.29, 1.82) is 0 Å². The molecule has 0 saturated heterocycles. The van der Waals surface area contributed by atoms with E-state index in [2.05, 4.69) is 15.0 Å². The Balaban J connectivity index is 2.61. The maximum Gasteiger partial charge on any atom is 0.251 e. The molecular weight excluding hydrogens is 185 g/mol. The van der Waals surface area contributed by atoms with E-state index < -0.39 is 5.82 Å². The summed E-state index contributed by atoms with van der Waals surface area (Å²) in [6.45, 7) is 0. The van der Waals surface area contributed by atoms with Gasteiger partial charge in [0, 0.05) is 17.8 Å². The highest BCUT2D eigenvalue weighted by atomic mass is 19.1. The van der Waals surface area contributed by atoms with Crippen molar-refractivity contribution in [3.05, 3.63) is 47.0 Å². The minimum absolute atomic E-state index is 0.270. The first-order valence-electron chi connectivity index (χ1n) is 3.92. The average molecular weight is 191 g/mol. The first-order valence-corrected chi connectivity index (χ1v) is 3.92. The molecule has 0 aliphatic rings. The highest BCUT2D eigenvalue weighted by Crippen LogP contribution is 2.16. The Bertz CT molecular complexity index is 509. The summed E-state index contributed by atoms with van der Waals surface area (Å²) < 4.78 is 13.2. The van der Waals surface area contributed by atoms with Crippen molar-refractivity contribution in [2.45, 2.75) is 0 Å². The number of hydrogen-bond acceptors (Lipinski definition) is 3. The lowest BCUT2D eigenvalue weighted by atomic mass is 10.2. The fraction of sp³-hybridized carbons (Fsp3) is 0. The van der Waals surface area contributed by atoms with Crippen molar-refractivity contribution >= 4 is 0 Å². The Morgan fingerprint density at radius 1 is 1.43 bits per heavy atom. The van der Waals surface area contributed by atoms with Crippen LogP contribution >= 0.6 is 0 Å². The number of aromatic nitrogens is 3. The van der Waals surface area contributed by atoms with Crippen LogP contribution < -0.4 is 5.56 Å². The SMILES string of the molecule is O=c1cc(-c2ccncc2F)nc[nH]1. The molecule has 0 aliphatic heterocycles. The fourth-order valence-electron chi connectivity index (χ4n) is 1.10. The number of H-pyrrole nitrogens is 1. The molecule has 2 aromatic heterocycles. The van der Waals surface area contributed by atoms with Crippen LogP contribution in [0.25, 0.3) is 11.3 Å². The first kappa shape index (κ1) is 8.55. The quantitative estimate of drug-likeness (QED) is 0.730. The van der Waals surface area contributed by atoms with Gasteiger partial charge in [-0.15, -0.1) is 0 Å². The molecule has 1 N–H and O–H groups in total. The summed E-state index contributed by atoms with van der Waals surface area (Å²) in [7, 11) is 0. The molecular formula is C9H6FN3O. The molecule has 2 rings (SSSR count). The summed E-state index contributed by atoms with van der Waals surface area (Å²) >= 11 is 0. The normalized spacial score (nSPS) is 10.1. The monoisotopic (exact) mass is 191 g/mol. The molecule has 0 aliphatic carbocycles. The maximum atomic E-state index is 13.2. The molecule has 4 nitrogen and oxygen atoms in total. The van der Waals surface area contributed by atoms with Crippen molar-refractivity contribution in [1.82, 2.24) is 15.0 Å². The van der Waals surface area contributed by atoms with E-state index in [0.717, 1.165) is 6.20 Å². The molecule has 0 spiro atoms. The Hall–Kier alpha value is -2.04. The first-order chi connectivity index (χ1) is 6.77. The lowest BCUT2D eigenvalue weighted by Crippen LogP contribution is -2.05. The van der Waals surface area contributed by atoms with Gasteiger partial charge < -0.3 is 4.98 Å². The van der Waals surface area contributed by atoms with E-state index in [1.165, 1.54) is 24.7 Å². The maximum absolute atomic E-state index is 13.2. The zero-order valence-corrected chi connectivity index (χ0v) is 7.07. The highest BCUT2D eigenvalue weighted by molar-refractivity contribution is 5.58. The van der Waals surface area contributed by atoms with Crippen LogP contribution in [0.3, 0.4) is 0 Å². The number of halogens is 1. The molecule has 0 unspecified atom stereocenters. The summed E-state index contributed by atoms with van der Waals surface area (Å²) in [5.41, 5.74) is 0.256. The fourth-order valence-corrected chi connectivity index (χ4v) is 1.10. The van der Waals surface area contributed by atoms with Crippen LogP contribution in [0.1, 0.15) is 0 Å². The summed E-state index contributed by atoms with van der Waals surface area (Å²) in [6.07, 6.45) is 3.76. The molecule has 0 amide bonds. The molecule has 0 aromatic carbocycles. The van der Waals surface area contributed by atoms with Gasteiger partial charge in [0.1, 0.15) is 0 Å². The van der Waals surface area contributed by atoms with Gasteiger partial charge in [0.05, 0.1) is 18.2 Å². The van der Waals surface area contributed by atoms with E-state index in [9.17, 15) is 9.18 Å². The van der Waals surface area contributed by atoms with Crippen LogP contribution in [0.5, 0.6) is 0 Å². The number of pyridine rings is 1. The van der Waals surface area contributed by atoms with E-state index in [-0.39, 0.29) is 11.1 Å². The third-order valence-corrected chi connectivity index (χ3v) is 1.73. The number of nitrogens with zero attached hydrogens (tertiary/aromatic N) is 2. The molecule has 0 fully saturated rings. The van der Waals surface area contributed by atoms with E-state index in [4.69, 9.17) is 0 Å². The minimum Gasteiger partial charge on any atom is -0.313 e. The highest BCUT2D eigenvalue weighted by Gasteiger charge is 2.05. The zero-order valence-electron chi connectivity index (χ0n) is 7.07. The molecule has 14 heavy (non-hydrogen) atoms. The third-order valence-electron chi connectivity index (χ3n) is 1.73. The second-order valence-corrected chi connectivity index (χ2v) is 2.65. The second-order valence-electron chi connectivity index (χ2n) is 2.65. The van der Waals surface area contributed by atoms with Crippen molar-refractivity contribution < 1.29 is 4.39 Å². The van der Waals surface area contributed by atoms with E-state index in [1.54, 1.807) is 0 Å². The van der Waals surface area contributed by atoms with Gasteiger partial charge in [-0.25, -0.2) is 9.37 Å². The molecule has 5 heteroatoms. The zero-order chi connectivity index (χ0) is 9.97. The molecule has 70 valence electrons. The minimum atomic E-state index is -0.495. The van der Waals surface area contributed by atoms with Gasteiger partial charge in [-0.3, -0.25) is 9.78 Å². The predicted octanol–water partition coefficient (Wildman–Crippen LogP) is 0.971. The summed E-state index contributed by atoms with van der Waals surface area (Å²) in [4.78, 5) is 20.7. The molecule has 0 radical (unpaired) electrons. The van der Waals surface area contributed by atoms with Crippen LogP contribution in [-0.4, -0.2) is 15.0 Å². The number of aromatic amines is 1. The molecule has 2 aromatic rings. The lowest BCUT2D eigenvalue weighted by Gasteiger charge is -1.99. The largest absolute Gasteiger partial charge is 0.313 e. The molecule has 0 bridgehead atoms. The predicted molar refractivity (Wildman–Crippen MR) is 48.0 cm³/mol. The summed E-state index contributed by atoms with van der Waals surface area (Å²) in [5, 5.41) is 0. The molecule has 0 saturated carbocycles. The van der Waals surface area contributed by atoms with Gasteiger partial charge in [0.15, 0.2) is 5.82 Å². The van der Waals surface area contributed by atoms with Crippen LogP contribution in [0.4, 0.5) is 4.39 Å². The van der Waals surface area contributed by atoms with Crippen LogP contribution in [-0.2, 0) is 0 Å². The Kier molecular flexibility index (Phi) is 2.06. The van der Waals surface area contributed by atoms with Crippen LogP contribution in [0.2, 0.25) is 0 Å². The van der Waals surface area contributed by atoms with Gasteiger partial charge in [-0.05, 0) is 6.07 Å². The average Bonchev–Trinajstić information content (AvgIpc) is 2.18. The second kappa shape index (κ2) is 3.37. The van der Waals surface area contributed by atoms with E-state index in [0.29, 0.717) is 5.69 Å². The number of nitrogens with one attached hydrogen (secondary N) is 1. The van der Waals surface area contributed by atoms with Crippen molar-refractivity contribution in [3.63, 3.8) is 0 Å². The van der Waals surface area contributed by atoms with Gasteiger partial charge in [0.25, 0.3) is 5.56 Å². The van der Waals surface area contributed by atoms with Crippen molar-refractivity contribution in [2.75, 3.05) is 0 Å². The summed E-state index contributed by atoms with van der Waals surface area (Å²) in [6, 6.07) is 2.70. The topological polar surface area (TPSA) is 58.6 Å². The number of hydrogen-bond donors (Lipinski definition) is 1. The number of rotatable bonds is 1. The lowest BCUT2D eigenvalue weighted by molar-refractivity contribution is 0.624. The van der Waals surface area contributed by atoms with Crippen molar-refractivity contribution in [2.24, 2.45) is 0 Å². The summed E-state index contributed by atoms with van der Waals surface area (Å²) in [5.74, 6) is -0.495. The Morgan fingerprint density at radius 3 is 3.00 bits per heavy atom. The van der Waals surface area contributed by atoms with Gasteiger partial charge in [-0.1, -0.05) is 0 Å². The third kappa shape index (κ3) is 1.52. The standard InChI is InChI=1S/C9H6FN3O/c10-7-4-11-2-1-6(7)8-3-9(14)13-5-12-8/h1-5H,(H,12,13,14). The van der Waals surface area contributed by atoms with Gasteiger partial charge in [-0.2, -0.15) is 0 Å².